The van der Waals surface area contributed by atoms with Gasteiger partial charge < -0.3 is 19.5 Å². The highest BCUT2D eigenvalue weighted by Gasteiger charge is 2.20. The third kappa shape index (κ3) is 4.41. The number of ether oxygens (including phenoxy) is 3. The van der Waals surface area contributed by atoms with Crippen molar-refractivity contribution < 1.29 is 14.2 Å². The second kappa shape index (κ2) is 9.10. The van der Waals surface area contributed by atoms with Crippen LogP contribution in [0.1, 0.15) is 22.8 Å². The molecule has 0 aliphatic rings. The Bertz CT molecular complexity index is 850. The second-order valence-electron chi connectivity index (χ2n) is 6.16. The van der Waals surface area contributed by atoms with Gasteiger partial charge in [0, 0.05) is 31.0 Å². The number of hydrogen-bond donors (Lipinski definition) is 1. The Labute approximate surface area is 160 Å². The standard InChI is InChI=1S/C23H25NO3/c1-25-21-14-19(23(27-3)18-12-8-5-9-13-18)20(15-22(21)26-2)24-16-17-10-6-4-7-11-17/h4-15,23-24H,16H2,1-3H3. The monoisotopic (exact) mass is 363 g/mol. The topological polar surface area (TPSA) is 39.7 Å². The quantitative estimate of drug-likeness (QED) is 0.608. The molecule has 0 heterocycles. The van der Waals surface area contributed by atoms with Gasteiger partial charge in [0.1, 0.15) is 6.10 Å². The van der Waals surface area contributed by atoms with Crippen LogP contribution in [0.3, 0.4) is 0 Å². The predicted octanol–water partition coefficient (Wildman–Crippen LogP) is 5.05. The first kappa shape index (κ1) is 18.8. The van der Waals surface area contributed by atoms with Gasteiger partial charge in [0.15, 0.2) is 11.5 Å². The summed E-state index contributed by atoms with van der Waals surface area (Å²) in [7, 11) is 5.00. The molecule has 0 radical (unpaired) electrons. The Kier molecular flexibility index (Phi) is 6.34. The van der Waals surface area contributed by atoms with Gasteiger partial charge in [-0.3, -0.25) is 0 Å². The van der Waals surface area contributed by atoms with E-state index < -0.39 is 0 Å². The van der Waals surface area contributed by atoms with Crippen LogP contribution in [-0.2, 0) is 11.3 Å². The Balaban J connectivity index is 2.01. The van der Waals surface area contributed by atoms with Crippen molar-refractivity contribution in [2.75, 3.05) is 26.6 Å². The maximum Gasteiger partial charge on any atom is 0.162 e. The van der Waals surface area contributed by atoms with Crippen LogP contribution >= 0.6 is 0 Å². The van der Waals surface area contributed by atoms with Gasteiger partial charge in [0.05, 0.1) is 14.2 Å². The number of hydrogen-bond acceptors (Lipinski definition) is 4. The zero-order valence-corrected chi connectivity index (χ0v) is 15.9. The van der Waals surface area contributed by atoms with Crippen molar-refractivity contribution in [3.63, 3.8) is 0 Å². The lowest BCUT2D eigenvalue weighted by Crippen LogP contribution is -2.10. The number of methoxy groups -OCH3 is 3. The van der Waals surface area contributed by atoms with Gasteiger partial charge in [0.25, 0.3) is 0 Å². The van der Waals surface area contributed by atoms with Crippen LogP contribution < -0.4 is 14.8 Å². The highest BCUT2D eigenvalue weighted by molar-refractivity contribution is 5.63. The summed E-state index contributed by atoms with van der Waals surface area (Å²) in [5.74, 6) is 1.36. The van der Waals surface area contributed by atoms with E-state index in [1.807, 2.05) is 48.5 Å². The molecule has 27 heavy (non-hydrogen) atoms. The molecule has 1 atom stereocenters. The fourth-order valence-corrected chi connectivity index (χ4v) is 3.13. The lowest BCUT2D eigenvalue weighted by atomic mass is 9.98. The molecule has 3 rings (SSSR count). The summed E-state index contributed by atoms with van der Waals surface area (Å²) in [5.41, 5.74) is 4.23. The molecule has 3 aromatic rings. The molecule has 0 saturated carbocycles. The molecule has 0 bridgehead atoms. The van der Waals surface area contributed by atoms with Crippen LogP contribution in [0.2, 0.25) is 0 Å². The molecule has 0 aromatic heterocycles. The minimum Gasteiger partial charge on any atom is -0.493 e. The summed E-state index contributed by atoms with van der Waals surface area (Å²) in [4.78, 5) is 0. The first-order valence-electron chi connectivity index (χ1n) is 8.88. The van der Waals surface area contributed by atoms with Gasteiger partial charge in [-0.2, -0.15) is 0 Å². The Morgan fingerprint density at radius 2 is 1.37 bits per heavy atom. The molecule has 1 unspecified atom stereocenters. The predicted molar refractivity (Wildman–Crippen MR) is 109 cm³/mol. The summed E-state index contributed by atoms with van der Waals surface area (Å²) in [6.45, 7) is 0.703. The van der Waals surface area contributed by atoms with E-state index in [4.69, 9.17) is 14.2 Å². The van der Waals surface area contributed by atoms with Gasteiger partial charge in [-0.15, -0.1) is 0 Å². The van der Waals surface area contributed by atoms with Gasteiger partial charge in [-0.05, 0) is 17.2 Å². The van der Waals surface area contributed by atoms with E-state index in [-0.39, 0.29) is 6.10 Å². The van der Waals surface area contributed by atoms with Crippen molar-refractivity contribution in [3.8, 4) is 11.5 Å². The fraction of sp³-hybridized carbons (Fsp3) is 0.217. The van der Waals surface area contributed by atoms with Gasteiger partial charge in [-0.25, -0.2) is 0 Å². The average Bonchev–Trinajstić information content (AvgIpc) is 2.74. The van der Waals surface area contributed by atoms with Crippen molar-refractivity contribution >= 4 is 5.69 Å². The maximum atomic E-state index is 5.85. The number of nitrogens with one attached hydrogen (secondary N) is 1. The van der Waals surface area contributed by atoms with E-state index in [1.165, 1.54) is 5.56 Å². The molecule has 0 fully saturated rings. The molecular weight excluding hydrogens is 338 g/mol. The maximum absolute atomic E-state index is 5.85. The van der Waals surface area contributed by atoms with E-state index in [0.717, 1.165) is 16.8 Å². The zero-order chi connectivity index (χ0) is 19.1. The van der Waals surface area contributed by atoms with Gasteiger partial charge in [0.2, 0.25) is 0 Å². The molecule has 0 spiro atoms. The van der Waals surface area contributed by atoms with Crippen molar-refractivity contribution in [3.05, 3.63) is 89.5 Å². The van der Waals surface area contributed by atoms with E-state index in [2.05, 4.69) is 29.6 Å². The molecule has 3 aromatic carbocycles. The largest absolute Gasteiger partial charge is 0.493 e. The van der Waals surface area contributed by atoms with Gasteiger partial charge in [-0.1, -0.05) is 60.7 Å². The normalized spacial score (nSPS) is 11.7. The highest BCUT2D eigenvalue weighted by atomic mass is 16.5. The van der Waals surface area contributed by atoms with E-state index in [1.54, 1.807) is 21.3 Å². The van der Waals surface area contributed by atoms with Crippen molar-refractivity contribution in [2.24, 2.45) is 0 Å². The minimum atomic E-state index is -0.218. The van der Waals surface area contributed by atoms with E-state index in [9.17, 15) is 0 Å². The number of benzene rings is 3. The fourth-order valence-electron chi connectivity index (χ4n) is 3.13. The third-order valence-corrected chi connectivity index (χ3v) is 4.50. The van der Waals surface area contributed by atoms with E-state index >= 15 is 0 Å². The molecule has 140 valence electrons. The molecule has 4 nitrogen and oxygen atoms in total. The minimum absolute atomic E-state index is 0.218. The molecule has 0 saturated heterocycles. The average molecular weight is 363 g/mol. The van der Waals surface area contributed by atoms with Crippen LogP contribution in [0, 0.1) is 0 Å². The van der Waals surface area contributed by atoms with Crippen molar-refractivity contribution in [2.45, 2.75) is 12.6 Å². The Morgan fingerprint density at radius 1 is 0.778 bits per heavy atom. The summed E-state index contributed by atoms with van der Waals surface area (Å²) < 4.78 is 16.9. The Hall–Kier alpha value is -2.98. The second-order valence-corrected chi connectivity index (χ2v) is 6.16. The molecule has 0 amide bonds. The molecule has 0 aliphatic carbocycles. The zero-order valence-electron chi connectivity index (χ0n) is 15.9. The summed E-state index contributed by atoms with van der Waals surface area (Å²) in [5, 5.41) is 3.52. The summed E-state index contributed by atoms with van der Waals surface area (Å²) in [6.07, 6.45) is -0.218. The molecule has 0 aliphatic heterocycles. The van der Waals surface area contributed by atoms with Crippen LogP contribution in [0.25, 0.3) is 0 Å². The lowest BCUT2D eigenvalue weighted by molar-refractivity contribution is 0.136. The van der Waals surface area contributed by atoms with Crippen molar-refractivity contribution in [1.82, 2.24) is 0 Å². The van der Waals surface area contributed by atoms with Crippen LogP contribution in [0.15, 0.2) is 72.8 Å². The van der Waals surface area contributed by atoms with E-state index in [0.29, 0.717) is 18.0 Å². The molecule has 4 heteroatoms. The number of anilines is 1. The first-order valence-corrected chi connectivity index (χ1v) is 8.88. The summed E-state index contributed by atoms with van der Waals surface area (Å²) in [6, 6.07) is 24.4. The molecular formula is C23H25NO3. The smallest absolute Gasteiger partial charge is 0.162 e. The first-order chi connectivity index (χ1) is 13.3. The SMILES string of the molecule is COc1cc(NCc2ccccc2)c(C(OC)c2ccccc2)cc1OC. The Morgan fingerprint density at radius 3 is 1.96 bits per heavy atom. The van der Waals surface area contributed by atoms with Crippen LogP contribution in [0.5, 0.6) is 11.5 Å². The summed E-state index contributed by atoms with van der Waals surface area (Å²) >= 11 is 0. The lowest BCUT2D eigenvalue weighted by Gasteiger charge is -2.22. The highest BCUT2D eigenvalue weighted by Crippen LogP contribution is 2.39. The number of rotatable bonds is 8. The van der Waals surface area contributed by atoms with Crippen LogP contribution in [-0.4, -0.2) is 21.3 Å². The molecule has 1 N–H and O–H groups in total. The van der Waals surface area contributed by atoms with Crippen molar-refractivity contribution in [1.29, 1.82) is 0 Å². The van der Waals surface area contributed by atoms with Gasteiger partial charge >= 0.3 is 0 Å². The van der Waals surface area contributed by atoms with Crippen LogP contribution in [0.4, 0.5) is 5.69 Å². The third-order valence-electron chi connectivity index (χ3n) is 4.50.